The molecule has 0 atom stereocenters. The Hall–Kier alpha value is -1.55. The van der Waals surface area contributed by atoms with Crippen molar-refractivity contribution in [3.63, 3.8) is 0 Å². The molecule has 1 aromatic carbocycles. The third kappa shape index (κ3) is 4.74. The van der Waals surface area contributed by atoms with Crippen molar-refractivity contribution in [3.05, 3.63) is 29.8 Å². The van der Waals surface area contributed by atoms with Crippen LogP contribution in [-0.2, 0) is 0 Å². The molecule has 0 bridgehead atoms. The quantitative estimate of drug-likeness (QED) is 0.774. The fourth-order valence-corrected chi connectivity index (χ4v) is 2.46. The second kappa shape index (κ2) is 8.03. The van der Waals surface area contributed by atoms with E-state index in [0.717, 1.165) is 24.9 Å². The molecular formula is C17H28N2O2. The van der Waals surface area contributed by atoms with E-state index < -0.39 is 0 Å². The molecule has 0 saturated heterocycles. The molecule has 0 heterocycles. The first-order chi connectivity index (χ1) is 9.98. The van der Waals surface area contributed by atoms with Gasteiger partial charge in [0, 0.05) is 38.5 Å². The van der Waals surface area contributed by atoms with E-state index in [2.05, 4.69) is 19.2 Å². The lowest BCUT2D eigenvalue weighted by Crippen LogP contribution is -2.37. The number of hydrogen-bond donors (Lipinski definition) is 2. The predicted octanol–water partition coefficient (Wildman–Crippen LogP) is 2.67. The molecular weight excluding hydrogens is 264 g/mol. The van der Waals surface area contributed by atoms with Crippen molar-refractivity contribution in [1.29, 1.82) is 0 Å². The second-order valence-electron chi connectivity index (χ2n) is 5.80. The summed E-state index contributed by atoms with van der Waals surface area (Å²) in [7, 11) is 3.95. The number of carbonyl (C=O) groups excluding carboxylic acids is 1. The van der Waals surface area contributed by atoms with Gasteiger partial charge in [-0.3, -0.25) is 4.79 Å². The molecule has 0 unspecified atom stereocenters. The summed E-state index contributed by atoms with van der Waals surface area (Å²) in [5, 5.41) is 12.2. The highest BCUT2D eigenvalue weighted by Crippen LogP contribution is 2.29. The maximum absolute atomic E-state index is 12.2. The van der Waals surface area contributed by atoms with Crippen molar-refractivity contribution in [2.75, 3.05) is 32.1 Å². The van der Waals surface area contributed by atoms with Gasteiger partial charge in [0.2, 0.25) is 0 Å². The zero-order valence-electron chi connectivity index (χ0n) is 13.6. The number of amides is 1. The van der Waals surface area contributed by atoms with Gasteiger partial charge in [-0.25, -0.2) is 0 Å². The molecule has 0 saturated carbocycles. The Morgan fingerprint density at radius 1 is 1.19 bits per heavy atom. The minimum Gasteiger partial charge on any atom is -0.396 e. The highest BCUT2D eigenvalue weighted by atomic mass is 16.3. The summed E-state index contributed by atoms with van der Waals surface area (Å²) in [5.41, 5.74) is 1.74. The fraction of sp³-hybridized carbons (Fsp3) is 0.588. The van der Waals surface area contributed by atoms with Crippen molar-refractivity contribution in [1.82, 2.24) is 5.32 Å². The summed E-state index contributed by atoms with van der Waals surface area (Å²) in [6, 6.07) is 7.57. The number of nitrogens with one attached hydrogen (secondary N) is 1. The summed E-state index contributed by atoms with van der Waals surface area (Å²) in [6.07, 6.45) is 2.62. The molecule has 0 aliphatic heterocycles. The lowest BCUT2D eigenvalue weighted by atomic mass is 9.79. The smallest absolute Gasteiger partial charge is 0.251 e. The topological polar surface area (TPSA) is 52.6 Å². The van der Waals surface area contributed by atoms with Gasteiger partial charge >= 0.3 is 0 Å². The average molecular weight is 292 g/mol. The molecule has 0 aliphatic carbocycles. The Morgan fingerprint density at radius 3 is 2.19 bits per heavy atom. The van der Waals surface area contributed by atoms with Crippen LogP contribution in [0.5, 0.6) is 0 Å². The van der Waals surface area contributed by atoms with Crippen LogP contribution in [0.15, 0.2) is 24.3 Å². The Morgan fingerprint density at radius 2 is 1.76 bits per heavy atom. The highest BCUT2D eigenvalue weighted by molar-refractivity contribution is 5.94. The normalized spacial score (nSPS) is 11.3. The van der Waals surface area contributed by atoms with Gasteiger partial charge in [-0.2, -0.15) is 0 Å². The minimum atomic E-state index is -0.0514. The molecule has 0 fully saturated rings. The Kier molecular flexibility index (Phi) is 6.69. The first-order valence-electron chi connectivity index (χ1n) is 7.64. The number of carbonyl (C=O) groups is 1. The molecule has 4 heteroatoms. The van der Waals surface area contributed by atoms with Gasteiger partial charge in [-0.15, -0.1) is 0 Å². The Labute approximate surface area is 128 Å². The SMILES string of the molecule is CCC(CC)(CCO)CNC(=O)c1ccc(N(C)C)cc1. The van der Waals surface area contributed by atoms with Crippen LogP contribution in [-0.4, -0.2) is 38.3 Å². The summed E-state index contributed by atoms with van der Waals surface area (Å²) >= 11 is 0. The number of aliphatic hydroxyl groups is 1. The number of aliphatic hydroxyl groups excluding tert-OH is 1. The summed E-state index contributed by atoms with van der Waals surface area (Å²) in [4.78, 5) is 14.2. The second-order valence-corrected chi connectivity index (χ2v) is 5.80. The molecule has 0 aliphatic rings. The third-order valence-corrected chi connectivity index (χ3v) is 4.41. The highest BCUT2D eigenvalue weighted by Gasteiger charge is 2.26. The van der Waals surface area contributed by atoms with Gasteiger partial charge in [0.25, 0.3) is 5.91 Å². The summed E-state index contributed by atoms with van der Waals surface area (Å²) < 4.78 is 0. The summed E-state index contributed by atoms with van der Waals surface area (Å²) in [6.45, 7) is 4.98. The van der Waals surface area contributed by atoms with Crippen molar-refractivity contribution in [3.8, 4) is 0 Å². The van der Waals surface area contributed by atoms with Gasteiger partial charge < -0.3 is 15.3 Å². The van der Waals surface area contributed by atoms with Crippen LogP contribution in [0.25, 0.3) is 0 Å². The maximum atomic E-state index is 12.2. The van der Waals surface area contributed by atoms with Crippen LogP contribution in [0.4, 0.5) is 5.69 Å². The Balaban J connectivity index is 2.67. The zero-order chi connectivity index (χ0) is 15.9. The lowest BCUT2D eigenvalue weighted by molar-refractivity contribution is 0.0907. The van der Waals surface area contributed by atoms with Gasteiger partial charge in [0.15, 0.2) is 0 Å². The van der Waals surface area contributed by atoms with Crippen molar-refractivity contribution < 1.29 is 9.90 Å². The van der Waals surface area contributed by atoms with Gasteiger partial charge in [-0.05, 0) is 48.9 Å². The number of anilines is 1. The van der Waals surface area contributed by atoms with E-state index in [0.29, 0.717) is 12.1 Å². The van der Waals surface area contributed by atoms with Crippen LogP contribution in [0, 0.1) is 5.41 Å². The number of nitrogens with zero attached hydrogens (tertiary/aromatic N) is 1. The fourth-order valence-electron chi connectivity index (χ4n) is 2.46. The van der Waals surface area contributed by atoms with Crippen LogP contribution in [0.1, 0.15) is 43.5 Å². The number of rotatable bonds is 8. The van der Waals surface area contributed by atoms with Crippen LogP contribution >= 0.6 is 0 Å². The van der Waals surface area contributed by atoms with E-state index in [9.17, 15) is 9.90 Å². The van der Waals surface area contributed by atoms with Crippen LogP contribution < -0.4 is 10.2 Å². The van der Waals surface area contributed by atoms with E-state index in [4.69, 9.17) is 0 Å². The van der Waals surface area contributed by atoms with Crippen molar-refractivity contribution >= 4 is 11.6 Å². The van der Waals surface area contributed by atoms with E-state index in [1.165, 1.54) is 0 Å². The predicted molar refractivity (Wildman–Crippen MR) is 87.8 cm³/mol. The van der Waals surface area contributed by atoms with Crippen molar-refractivity contribution in [2.24, 2.45) is 5.41 Å². The third-order valence-electron chi connectivity index (χ3n) is 4.41. The van der Waals surface area contributed by atoms with E-state index in [1.54, 1.807) is 0 Å². The first-order valence-corrected chi connectivity index (χ1v) is 7.64. The molecule has 4 nitrogen and oxygen atoms in total. The van der Waals surface area contributed by atoms with E-state index in [1.807, 2.05) is 43.3 Å². The molecule has 1 amide bonds. The monoisotopic (exact) mass is 292 g/mol. The molecule has 2 N–H and O–H groups in total. The Bertz CT molecular complexity index is 437. The molecule has 0 aromatic heterocycles. The minimum absolute atomic E-state index is 0.00597. The zero-order valence-corrected chi connectivity index (χ0v) is 13.6. The van der Waals surface area contributed by atoms with E-state index >= 15 is 0 Å². The van der Waals surface area contributed by atoms with Crippen LogP contribution in [0.2, 0.25) is 0 Å². The number of benzene rings is 1. The number of hydrogen-bond acceptors (Lipinski definition) is 3. The molecule has 1 aromatic rings. The molecule has 118 valence electrons. The maximum Gasteiger partial charge on any atom is 0.251 e. The molecule has 1 rings (SSSR count). The average Bonchev–Trinajstić information content (AvgIpc) is 2.51. The molecule has 0 spiro atoms. The van der Waals surface area contributed by atoms with Gasteiger partial charge in [0.1, 0.15) is 0 Å². The lowest BCUT2D eigenvalue weighted by Gasteiger charge is -2.31. The van der Waals surface area contributed by atoms with Crippen molar-refractivity contribution in [2.45, 2.75) is 33.1 Å². The first kappa shape index (κ1) is 17.5. The standard InChI is InChI=1S/C17H28N2O2/c1-5-17(6-2,11-12-20)13-18-16(21)14-7-9-15(10-8-14)19(3)4/h7-10,20H,5-6,11-13H2,1-4H3,(H,18,21). The largest absolute Gasteiger partial charge is 0.396 e. The van der Waals surface area contributed by atoms with E-state index in [-0.39, 0.29) is 17.9 Å². The van der Waals surface area contributed by atoms with Gasteiger partial charge in [-0.1, -0.05) is 13.8 Å². The summed E-state index contributed by atoms with van der Waals surface area (Å²) in [5.74, 6) is -0.0514. The molecule has 0 radical (unpaired) electrons. The van der Waals surface area contributed by atoms with Crippen LogP contribution in [0.3, 0.4) is 0 Å². The van der Waals surface area contributed by atoms with Gasteiger partial charge in [0.05, 0.1) is 0 Å². The molecule has 21 heavy (non-hydrogen) atoms.